The van der Waals surface area contributed by atoms with Crippen LogP contribution in [0, 0.1) is 5.92 Å². The van der Waals surface area contributed by atoms with E-state index in [1.165, 1.54) is 27.8 Å². The van der Waals surface area contributed by atoms with Crippen molar-refractivity contribution >= 4 is 24.0 Å². The fourth-order valence-corrected chi connectivity index (χ4v) is 5.45. The Kier molecular flexibility index (Phi) is 10.7. The Morgan fingerprint density at radius 1 is 1.02 bits per heavy atom. The largest absolute Gasteiger partial charge is 0.444 e. The van der Waals surface area contributed by atoms with Crippen molar-refractivity contribution in [2.24, 2.45) is 5.92 Å². The van der Waals surface area contributed by atoms with E-state index in [9.17, 15) is 14.4 Å². The van der Waals surface area contributed by atoms with Crippen LogP contribution in [0.3, 0.4) is 0 Å². The number of amides is 1. The number of hydrogen-bond donors (Lipinski definition) is 0. The van der Waals surface area contributed by atoms with E-state index in [2.05, 4.69) is 4.90 Å². The molecule has 1 aliphatic rings. The molecule has 0 spiro atoms. The molecule has 3 rings (SSSR count). The number of morpholine rings is 1. The molecule has 0 bridgehead atoms. The van der Waals surface area contributed by atoms with Crippen LogP contribution in [0.5, 0.6) is 0 Å². The Hall–Kier alpha value is -3.50. The van der Waals surface area contributed by atoms with Gasteiger partial charge in [-0.15, -0.1) is 0 Å². The van der Waals surface area contributed by atoms with Gasteiger partial charge in [-0.2, -0.15) is 4.89 Å². The van der Waals surface area contributed by atoms with Crippen LogP contribution < -0.4 is 4.90 Å². The van der Waals surface area contributed by atoms with Gasteiger partial charge in [0.15, 0.2) is 5.54 Å². The third-order valence-electron chi connectivity index (χ3n) is 7.38. The SMILES string of the molecule is CC(C=O)[C@@](C(=O)OOCc1ccccc1)(C(c1ccc(N2CCOCC2)cc1)C(C)(C)F)N(C)C(=O)OC(C)(C)C. The summed E-state index contributed by atoms with van der Waals surface area (Å²) < 4.78 is 27.6. The second-order valence-corrected chi connectivity index (χ2v) is 12.1. The van der Waals surface area contributed by atoms with E-state index in [0.717, 1.165) is 16.2 Å². The summed E-state index contributed by atoms with van der Waals surface area (Å²) in [5, 5.41) is 0. The number of likely N-dealkylation sites (N-methyl/N-ethyl adjacent to an activating group) is 1. The predicted octanol–water partition coefficient (Wildman–Crippen LogP) is 5.47. The van der Waals surface area contributed by atoms with Crippen molar-refractivity contribution in [3.05, 3.63) is 65.7 Å². The average molecular weight is 587 g/mol. The van der Waals surface area contributed by atoms with Crippen LogP contribution in [0.1, 0.15) is 58.6 Å². The molecule has 1 saturated heterocycles. The molecule has 3 atom stereocenters. The Balaban J connectivity index is 2.13. The summed E-state index contributed by atoms with van der Waals surface area (Å²) in [5.74, 6) is -3.70. The van der Waals surface area contributed by atoms with E-state index in [1.54, 1.807) is 57.2 Å². The zero-order valence-electron chi connectivity index (χ0n) is 25.6. The van der Waals surface area contributed by atoms with Gasteiger partial charge in [-0.3, -0.25) is 9.79 Å². The highest BCUT2D eigenvalue weighted by molar-refractivity contribution is 5.90. The first-order chi connectivity index (χ1) is 19.7. The van der Waals surface area contributed by atoms with Crippen LogP contribution in [0.4, 0.5) is 14.9 Å². The number of anilines is 1. The fourth-order valence-electron chi connectivity index (χ4n) is 5.45. The normalized spacial score (nSPS) is 17.0. The lowest BCUT2D eigenvalue weighted by Crippen LogP contribution is -2.67. The predicted molar refractivity (Wildman–Crippen MR) is 157 cm³/mol. The highest BCUT2D eigenvalue weighted by Gasteiger charge is 2.62. The van der Waals surface area contributed by atoms with E-state index in [0.29, 0.717) is 38.2 Å². The molecule has 1 fully saturated rings. The fraction of sp³-hybridized carbons (Fsp3) is 0.531. The molecule has 230 valence electrons. The Morgan fingerprint density at radius 2 is 1.62 bits per heavy atom. The lowest BCUT2D eigenvalue weighted by atomic mass is 9.65. The van der Waals surface area contributed by atoms with Crippen molar-refractivity contribution < 1.29 is 38.0 Å². The van der Waals surface area contributed by atoms with E-state index in [1.807, 2.05) is 18.2 Å². The van der Waals surface area contributed by atoms with Crippen LogP contribution >= 0.6 is 0 Å². The molecule has 0 saturated carbocycles. The topological polar surface area (TPSA) is 94.6 Å². The first kappa shape index (κ1) is 33.0. The first-order valence-corrected chi connectivity index (χ1v) is 14.1. The Bertz CT molecular complexity index is 1190. The van der Waals surface area contributed by atoms with E-state index in [-0.39, 0.29) is 6.61 Å². The van der Waals surface area contributed by atoms with E-state index in [4.69, 9.17) is 19.2 Å². The van der Waals surface area contributed by atoms with Gasteiger partial charge in [-0.25, -0.2) is 14.0 Å². The highest BCUT2D eigenvalue weighted by Crippen LogP contribution is 2.48. The average Bonchev–Trinajstić information content (AvgIpc) is 2.94. The molecule has 2 unspecified atom stereocenters. The maximum Gasteiger partial charge on any atom is 0.411 e. The van der Waals surface area contributed by atoms with Gasteiger partial charge in [-0.05, 0) is 57.9 Å². The molecule has 0 aliphatic carbocycles. The van der Waals surface area contributed by atoms with Gasteiger partial charge in [0.2, 0.25) is 0 Å². The second-order valence-electron chi connectivity index (χ2n) is 12.1. The monoisotopic (exact) mass is 586 g/mol. The third-order valence-corrected chi connectivity index (χ3v) is 7.38. The van der Waals surface area contributed by atoms with Crippen molar-refractivity contribution in [1.82, 2.24) is 4.90 Å². The molecule has 0 aromatic heterocycles. The summed E-state index contributed by atoms with van der Waals surface area (Å²) in [6, 6.07) is 16.1. The van der Waals surface area contributed by atoms with Crippen LogP contribution in [-0.4, -0.2) is 73.4 Å². The standard InChI is InChI=1S/C32H43FN2O7/c1-23(21-36)32(34(7)29(38)41-30(2,3)4,28(37)42-40-22-24-11-9-8-10-12-24)27(31(5,6)33)25-13-15-26(16-14-25)35-17-19-39-20-18-35/h8-16,21,23,27H,17-20,22H2,1-7H3/t23?,27?,32-/m0/s1. The highest BCUT2D eigenvalue weighted by atomic mass is 19.1. The van der Waals surface area contributed by atoms with Crippen molar-refractivity contribution in [3.63, 3.8) is 0 Å². The summed E-state index contributed by atoms with van der Waals surface area (Å²) in [6.07, 6.45) is -0.407. The van der Waals surface area contributed by atoms with Crippen LogP contribution in [0.2, 0.25) is 0 Å². The second kappa shape index (κ2) is 13.6. The molecule has 2 aromatic rings. The molecule has 10 heteroatoms. The zero-order valence-corrected chi connectivity index (χ0v) is 25.6. The number of alkyl halides is 1. The molecule has 2 aromatic carbocycles. The molecule has 9 nitrogen and oxygen atoms in total. The van der Waals surface area contributed by atoms with Crippen LogP contribution in [0.15, 0.2) is 54.6 Å². The molecule has 1 aliphatic heterocycles. The first-order valence-electron chi connectivity index (χ1n) is 14.1. The van der Waals surface area contributed by atoms with Gasteiger partial charge in [-0.1, -0.05) is 49.4 Å². The summed E-state index contributed by atoms with van der Waals surface area (Å²) >= 11 is 0. The van der Waals surface area contributed by atoms with Crippen LogP contribution in [0.25, 0.3) is 0 Å². The summed E-state index contributed by atoms with van der Waals surface area (Å²) in [7, 11) is 1.31. The maximum atomic E-state index is 16.5. The zero-order chi connectivity index (χ0) is 31.1. The van der Waals surface area contributed by atoms with Gasteiger partial charge in [0.05, 0.1) is 19.1 Å². The maximum absolute atomic E-state index is 16.5. The van der Waals surface area contributed by atoms with Crippen molar-refractivity contribution in [1.29, 1.82) is 0 Å². The quantitative estimate of drug-likeness (QED) is 0.194. The number of ether oxygens (including phenoxy) is 2. The minimum Gasteiger partial charge on any atom is -0.444 e. The van der Waals surface area contributed by atoms with Gasteiger partial charge < -0.3 is 19.2 Å². The van der Waals surface area contributed by atoms with Gasteiger partial charge in [0, 0.05) is 31.7 Å². The van der Waals surface area contributed by atoms with Crippen LogP contribution in [-0.2, 0) is 35.4 Å². The Labute approximate surface area is 247 Å². The smallest absolute Gasteiger partial charge is 0.411 e. The number of carbonyl (C=O) groups excluding carboxylic acids is 3. The van der Waals surface area contributed by atoms with Crippen molar-refractivity contribution in [2.75, 3.05) is 38.3 Å². The van der Waals surface area contributed by atoms with Gasteiger partial charge >= 0.3 is 12.1 Å². The number of rotatable bonds is 11. The van der Waals surface area contributed by atoms with E-state index < -0.39 is 40.7 Å². The number of benzene rings is 2. The molecule has 1 amide bonds. The minimum atomic E-state index is -2.19. The molecule has 0 radical (unpaired) electrons. The molecule has 42 heavy (non-hydrogen) atoms. The lowest BCUT2D eigenvalue weighted by Gasteiger charge is -2.49. The molecule has 0 N–H and O–H groups in total. The van der Waals surface area contributed by atoms with Gasteiger partial charge in [0.25, 0.3) is 0 Å². The molecular weight excluding hydrogens is 543 g/mol. The number of aldehydes is 1. The third kappa shape index (κ3) is 7.66. The minimum absolute atomic E-state index is 0.0911. The number of hydrogen-bond acceptors (Lipinski definition) is 8. The summed E-state index contributed by atoms with van der Waals surface area (Å²) in [6.45, 7) is 11.6. The molecule has 1 heterocycles. The van der Waals surface area contributed by atoms with Crippen molar-refractivity contribution in [2.45, 2.75) is 70.9 Å². The number of halogens is 1. The Morgan fingerprint density at radius 3 is 2.14 bits per heavy atom. The molecular formula is C32H43FN2O7. The van der Waals surface area contributed by atoms with Gasteiger partial charge in [0.1, 0.15) is 24.2 Å². The summed E-state index contributed by atoms with van der Waals surface area (Å²) in [4.78, 5) is 54.0. The van der Waals surface area contributed by atoms with E-state index >= 15 is 4.39 Å². The lowest BCUT2D eigenvalue weighted by molar-refractivity contribution is -0.291. The summed E-state index contributed by atoms with van der Waals surface area (Å²) in [5.41, 5.74) is -3.24. The number of nitrogens with zero attached hydrogens (tertiary/aromatic N) is 2. The number of carbonyl (C=O) groups is 3. The van der Waals surface area contributed by atoms with Crippen molar-refractivity contribution in [3.8, 4) is 0 Å².